The molecule has 3 nitrogen and oxygen atoms in total. The summed E-state index contributed by atoms with van der Waals surface area (Å²) in [4.78, 5) is 0. The summed E-state index contributed by atoms with van der Waals surface area (Å²) in [7, 11) is 3.27. The van der Waals surface area contributed by atoms with Crippen molar-refractivity contribution >= 4 is 11.6 Å². The van der Waals surface area contributed by atoms with Crippen molar-refractivity contribution in [1.82, 2.24) is 5.32 Å². The van der Waals surface area contributed by atoms with E-state index in [2.05, 4.69) is 36.5 Å². The number of hydrogen-bond donors (Lipinski definition) is 1. The minimum Gasteiger partial charge on any atom is -0.493 e. The number of methoxy groups -OCH3 is 2. The summed E-state index contributed by atoms with van der Waals surface area (Å²) in [6.45, 7) is 2.88. The number of ether oxygens (including phenoxy) is 2. The molecule has 124 valence electrons. The van der Waals surface area contributed by atoms with Gasteiger partial charge in [0.2, 0.25) is 0 Å². The van der Waals surface area contributed by atoms with Gasteiger partial charge in [-0.15, -0.1) is 0 Å². The average Bonchev–Trinajstić information content (AvgIpc) is 2.58. The summed E-state index contributed by atoms with van der Waals surface area (Å²) in [5, 5.41) is 4.18. The van der Waals surface area contributed by atoms with Gasteiger partial charge in [0.1, 0.15) is 0 Å². The Hall–Kier alpha value is -1.71. The number of benzene rings is 2. The molecule has 0 radical (unpaired) electrons. The molecule has 1 unspecified atom stereocenters. The second-order valence-corrected chi connectivity index (χ2v) is 6.04. The predicted molar refractivity (Wildman–Crippen MR) is 95.6 cm³/mol. The van der Waals surface area contributed by atoms with E-state index in [0.717, 1.165) is 24.2 Å². The highest BCUT2D eigenvalue weighted by Gasteiger charge is 2.12. The SMILES string of the molecule is COc1cc(Cl)cc(CNC(C)CCc2ccccc2)c1OC. The van der Waals surface area contributed by atoms with Gasteiger partial charge in [-0.3, -0.25) is 0 Å². The molecule has 0 aliphatic rings. The van der Waals surface area contributed by atoms with E-state index in [9.17, 15) is 0 Å². The maximum atomic E-state index is 6.15. The minimum atomic E-state index is 0.393. The standard InChI is InChI=1S/C19H24ClNO2/c1-14(9-10-15-7-5-4-6-8-15)21-13-16-11-17(20)12-18(22-2)19(16)23-3/h4-8,11-12,14,21H,9-10,13H2,1-3H3. The van der Waals surface area contributed by atoms with E-state index >= 15 is 0 Å². The highest BCUT2D eigenvalue weighted by molar-refractivity contribution is 6.30. The summed E-state index contributed by atoms with van der Waals surface area (Å²) >= 11 is 6.15. The molecule has 1 atom stereocenters. The van der Waals surface area contributed by atoms with Gasteiger partial charge in [0.05, 0.1) is 14.2 Å². The molecule has 0 aromatic heterocycles. The van der Waals surface area contributed by atoms with Crippen molar-refractivity contribution in [3.8, 4) is 11.5 Å². The third-order valence-electron chi connectivity index (χ3n) is 3.87. The molecule has 0 amide bonds. The monoisotopic (exact) mass is 333 g/mol. The van der Waals surface area contributed by atoms with Gasteiger partial charge >= 0.3 is 0 Å². The summed E-state index contributed by atoms with van der Waals surface area (Å²) in [6, 6.07) is 14.6. The lowest BCUT2D eigenvalue weighted by Crippen LogP contribution is -2.26. The Kier molecular flexibility index (Phi) is 6.75. The zero-order valence-corrected chi connectivity index (χ0v) is 14.7. The maximum absolute atomic E-state index is 6.15. The van der Waals surface area contributed by atoms with Crippen molar-refractivity contribution < 1.29 is 9.47 Å². The molecule has 0 bridgehead atoms. The van der Waals surface area contributed by atoms with Crippen molar-refractivity contribution in [3.63, 3.8) is 0 Å². The van der Waals surface area contributed by atoms with Crippen LogP contribution in [0.5, 0.6) is 11.5 Å². The third-order valence-corrected chi connectivity index (χ3v) is 4.09. The fraction of sp³-hybridized carbons (Fsp3) is 0.368. The van der Waals surface area contributed by atoms with Crippen molar-refractivity contribution in [2.45, 2.75) is 32.4 Å². The van der Waals surface area contributed by atoms with Gasteiger partial charge in [-0.1, -0.05) is 41.9 Å². The average molecular weight is 334 g/mol. The normalized spacial score (nSPS) is 12.0. The lowest BCUT2D eigenvalue weighted by Gasteiger charge is -2.17. The topological polar surface area (TPSA) is 30.5 Å². The van der Waals surface area contributed by atoms with E-state index in [1.165, 1.54) is 5.56 Å². The second kappa shape index (κ2) is 8.80. The largest absolute Gasteiger partial charge is 0.493 e. The molecule has 0 spiro atoms. The van der Waals surface area contributed by atoms with Crippen LogP contribution in [0.15, 0.2) is 42.5 Å². The number of halogens is 1. The summed E-state index contributed by atoms with van der Waals surface area (Å²) in [5.41, 5.74) is 2.37. The fourth-order valence-electron chi connectivity index (χ4n) is 2.55. The quantitative estimate of drug-likeness (QED) is 0.773. The molecule has 1 N–H and O–H groups in total. The zero-order chi connectivity index (χ0) is 16.7. The third kappa shape index (κ3) is 5.15. The molecule has 23 heavy (non-hydrogen) atoms. The molecular formula is C19H24ClNO2. The number of aryl methyl sites for hydroxylation is 1. The Balaban J connectivity index is 1.93. The van der Waals surface area contributed by atoms with Gasteiger partial charge in [0.25, 0.3) is 0 Å². The molecule has 0 aliphatic heterocycles. The second-order valence-electron chi connectivity index (χ2n) is 5.61. The first-order chi connectivity index (χ1) is 11.1. The Labute approximate surface area is 143 Å². The highest BCUT2D eigenvalue weighted by Crippen LogP contribution is 2.34. The van der Waals surface area contributed by atoms with Crippen molar-refractivity contribution in [1.29, 1.82) is 0 Å². The van der Waals surface area contributed by atoms with Crippen molar-refractivity contribution in [2.75, 3.05) is 14.2 Å². The fourth-order valence-corrected chi connectivity index (χ4v) is 2.78. The Morgan fingerprint density at radius 3 is 2.48 bits per heavy atom. The molecule has 0 saturated carbocycles. The van der Waals surface area contributed by atoms with Gasteiger partial charge in [-0.25, -0.2) is 0 Å². The van der Waals surface area contributed by atoms with Crippen LogP contribution >= 0.6 is 11.6 Å². The van der Waals surface area contributed by atoms with Crippen LogP contribution in [0.2, 0.25) is 5.02 Å². The Morgan fingerprint density at radius 2 is 1.83 bits per heavy atom. The number of hydrogen-bond acceptors (Lipinski definition) is 3. The van der Waals surface area contributed by atoms with Crippen LogP contribution in [-0.2, 0) is 13.0 Å². The van der Waals surface area contributed by atoms with E-state index < -0.39 is 0 Å². The van der Waals surface area contributed by atoms with Crippen LogP contribution in [0, 0.1) is 0 Å². The van der Waals surface area contributed by atoms with E-state index in [-0.39, 0.29) is 0 Å². The molecule has 4 heteroatoms. The van der Waals surface area contributed by atoms with E-state index in [1.807, 2.05) is 12.1 Å². The van der Waals surface area contributed by atoms with Crippen molar-refractivity contribution in [3.05, 3.63) is 58.6 Å². The molecule has 0 saturated heterocycles. The minimum absolute atomic E-state index is 0.393. The Morgan fingerprint density at radius 1 is 1.09 bits per heavy atom. The van der Waals surface area contributed by atoms with E-state index in [0.29, 0.717) is 23.4 Å². The van der Waals surface area contributed by atoms with E-state index in [1.54, 1.807) is 20.3 Å². The van der Waals surface area contributed by atoms with Crippen LogP contribution in [0.1, 0.15) is 24.5 Å². The zero-order valence-electron chi connectivity index (χ0n) is 13.9. The Bertz CT molecular complexity index is 616. The first-order valence-corrected chi connectivity index (χ1v) is 8.19. The van der Waals surface area contributed by atoms with Crippen LogP contribution in [0.4, 0.5) is 0 Å². The van der Waals surface area contributed by atoms with E-state index in [4.69, 9.17) is 21.1 Å². The lowest BCUT2D eigenvalue weighted by atomic mass is 10.1. The van der Waals surface area contributed by atoms with Crippen molar-refractivity contribution in [2.24, 2.45) is 0 Å². The first-order valence-electron chi connectivity index (χ1n) is 7.81. The molecule has 0 fully saturated rings. The summed E-state index contributed by atoms with van der Waals surface area (Å²) < 4.78 is 10.8. The van der Waals surface area contributed by atoms with Gasteiger partial charge < -0.3 is 14.8 Å². The summed E-state index contributed by atoms with van der Waals surface area (Å²) in [6.07, 6.45) is 2.13. The molecule has 0 heterocycles. The molecule has 2 aromatic rings. The number of nitrogens with one attached hydrogen (secondary N) is 1. The highest BCUT2D eigenvalue weighted by atomic mass is 35.5. The van der Waals surface area contributed by atoms with Gasteiger partial charge in [-0.05, 0) is 31.4 Å². The predicted octanol–water partition coefficient (Wildman–Crippen LogP) is 4.47. The molecular weight excluding hydrogens is 310 g/mol. The first kappa shape index (κ1) is 17.6. The van der Waals surface area contributed by atoms with Crippen LogP contribution in [0.25, 0.3) is 0 Å². The molecule has 0 aliphatic carbocycles. The van der Waals surface area contributed by atoms with Gasteiger partial charge in [0, 0.05) is 29.2 Å². The number of rotatable bonds is 8. The van der Waals surface area contributed by atoms with Crippen LogP contribution in [0.3, 0.4) is 0 Å². The smallest absolute Gasteiger partial charge is 0.165 e. The van der Waals surface area contributed by atoms with Gasteiger partial charge in [-0.2, -0.15) is 0 Å². The summed E-state index contributed by atoms with van der Waals surface area (Å²) in [5.74, 6) is 1.40. The van der Waals surface area contributed by atoms with Crippen LogP contribution < -0.4 is 14.8 Å². The van der Waals surface area contributed by atoms with Gasteiger partial charge in [0.15, 0.2) is 11.5 Å². The lowest BCUT2D eigenvalue weighted by molar-refractivity contribution is 0.349. The van der Waals surface area contributed by atoms with Crippen LogP contribution in [-0.4, -0.2) is 20.3 Å². The maximum Gasteiger partial charge on any atom is 0.165 e. The molecule has 2 aromatic carbocycles. The molecule has 2 rings (SSSR count).